The van der Waals surface area contributed by atoms with Crippen LogP contribution in [0.15, 0.2) is 24.3 Å². The lowest BCUT2D eigenvalue weighted by molar-refractivity contribution is -0.145. The largest absolute Gasteiger partial charge is 0.451 e. The van der Waals surface area contributed by atoms with Gasteiger partial charge in [0.25, 0.3) is 0 Å². The normalized spacial score (nSPS) is 11.3. The molecule has 0 aliphatic carbocycles. The Balaban J connectivity index is 2.39. The van der Waals surface area contributed by atoms with E-state index in [4.69, 9.17) is 16.3 Å². The molecule has 0 aliphatic rings. The first-order valence-corrected chi connectivity index (χ1v) is 6.25. The first kappa shape index (κ1) is 15.4. The van der Waals surface area contributed by atoms with Crippen molar-refractivity contribution >= 4 is 17.4 Å². The smallest absolute Gasteiger partial charge is 0.437 e. The third-order valence-electron chi connectivity index (χ3n) is 2.51. The molecule has 1 N–H and O–H groups in total. The highest BCUT2D eigenvalue weighted by atomic mass is 35.5. The van der Waals surface area contributed by atoms with E-state index in [1.807, 2.05) is 6.92 Å². The van der Waals surface area contributed by atoms with Gasteiger partial charge in [0.05, 0.1) is 5.02 Å². The number of hydrogen-bond acceptors (Lipinski definition) is 4. The number of nitrogens with one attached hydrogen (secondary N) is 1. The van der Waals surface area contributed by atoms with Crippen molar-refractivity contribution in [2.45, 2.75) is 13.1 Å². The molecule has 8 heteroatoms. The number of benzene rings is 1. The van der Waals surface area contributed by atoms with Gasteiger partial charge in [-0.15, -0.1) is 0 Å². The van der Waals surface area contributed by atoms with Gasteiger partial charge in [0, 0.05) is 13.1 Å². The van der Waals surface area contributed by atoms with Crippen molar-refractivity contribution in [3.63, 3.8) is 0 Å². The van der Waals surface area contributed by atoms with E-state index in [1.54, 1.807) is 18.2 Å². The fraction of sp³-hybridized carbons (Fsp3) is 0.231. The van der Waals surface area contributed by atoms with E-state index >= 15 is 0 Å². The predicted molar refractivity (Wildman–Crippen MR) is 72.8 cm³/mol. The number of ether oxygens (including phenoxy) is 1. The zero-order valence-electron chi connectivity index (χ0n) is 11.1. The first-order chi connectivity index (χ1) is 9.79. The van der Waals surface area contributed by atoms with Crippen molar-refractivity contribution in [1.82, 2.24) is 9.97 Å². The Bertz CT molecular complexity index is 662. The van der Waals surface area contributed by atoms with Crippen molar-refractivity contribution < 1.29 is 17.9 Å². The number of alkyl halides is 3. The SMILES string of the molecule is CNc1cc(Oc2ccc(C)cc2Cl)nc(C(F)(F)F)n1. The predicted octanol–water partition coefficient (Wildman–Crippen LogP) is 4.29. The van der Waals surface area contributed by atoms with Gasteiger partial charge >= 0.3 is 6.18 Å². The lowest BCUT2D eigenvalue weighted by atomic mass is 10.2. The van der Waals surface area contributed by atoms with Crippen LogP contribution in [0.3, 0.4) is 0 Å². The van der Waals surface area contributed by atoms with Crippen LogP contribution in [0.4, 0.5) is 19.0 Å². The molecule has 112 valence electrons. The number of anilines is 1. The highest BCUT2D eigenvalue weighted by molar-refractivity contribution is 6.32. The molecule has 4 nitrogen and oxygen atoms in total. The maximum absolute atomic E-state index is 12.7. The van der Waals surface area contributed by atoms with Gasteiger partial charge in [-0.2, -0.15) is 18.2 Å². The number of hydrogen-bond donors (Lipinski definition) is 1. The molecule has 1 aromatic heterocycles. The lowest BCUT2D eigenvalue weighted by Gasteiger charge is -2.11. The van der Waals surface area contributed by atoms with Gasteiger partial charge in [0.15, 0.2) is 0 Å². The molecule has 0 atom stereocenters. The highest BCUT2D eigenvalue weighted by Crippen LogP contribution is 2.33. The van der Waals surface area contributed by atoms with Gasteiger partial charge < -0.3 is 10.1 Å². The third-order valence-corrected chi connectivity index (χ3v) is 2.81. The Morgan fingerprint density at radius 2 is 1.90 bits per heavy atom. The summed E-state index contributed by atoms with van der Waals surface area (Å²) < 4.78 is 43.5. The van der Waals surface area contributed by atoms with Crippen LogP contribution in [0.1, 0.15) is 11.4 Å². The molecular formula is C13H11ClF3N3O. The summed E-state index contributed by atoms with van der Waals surface area (Å²) in [6, 6.07) is 6.19. The number of nitrogens with zero attached hydrogens (tertiary/aromatic N) is 2. The number of halogens is 4. The maximum atomic E-state index is 12.7. The summed E-state index contributed by atoms with van der Waals surface area (Å²) in [7, 11) is 1.45. The van der Waals surface area contributed by atoms with Crippen molar-refractivity contribution in [2.75, 3.05) is 12.4 Å². The third kappa shape index (κ3) is 3.75. The molecule has 0 saturated carbocycles. The Kier molecular flexibility index (Phi) is 4.22. The molecule has 0 saturated heterocycles. The fourth-order valence-electron chi connectivity index (χ4n) is 1.53. The summed E-state index contributed by atoms with van der Waals surface area (Å²) >= 11 is 5.98. The van der Waals surface area contributed by atoms with Gasteiger partial charge in [-0.1, -0.05) is 17.7 Å². The standard InChI is InChI=1S/C13H11ClF3N3O/c1-7-3-4-9(8(14)5-7)21-11-6-10(18-2)19-12(20-11)13(15,16)17/h3-6H,1-2H3,(H,18,19,20). The zero-order chi connectivity index (χ0) is 15.6. The molecule has 21 heavy (non-hydrogen) atoms. The van der Waals surface area contributed by atoms with Crippen LogP contribution in [0.25, 0.3) is 0 Å². The quantitative estimate of drug-likeness (QED) is 0.917. The molecule has 1 aromatic carbocycles. The van der Waals surface area contributed by atoms with E-state index < -0.39 is 12.0 Å². The van der Waals surface area contributed by atoms with Crippen LogP contribution in [0.5, 0.6) is 11.6 Å². The fourth-order valence-corrected chi connectivity index (χ4v) is 1.81. The van der Waals surface area contributed by atoms with Gasteiger partial charge in [-0.3, -0.25) is 0 Å². The molecule has 0 unspecified atom stereocenters. The average molecular weight is 318 g/mol. The maximum Gasteiger partial charge on any atom is 0.451 e. The van der Waals surface area contributed by atoms with Crippen LogP contribution in [-0.4, -0.2) is 17.0 Å². The molecule has 0 aliphatic heterocycles. The molecule has 1 heterocycles. The Morgan fingerprint density at radius 3 is 2.48 bits per heavy atom. The van der Waals surface area contributed by atoms with Crippen LogP contribution in [0.2, 0.25) is 5.02 Å². The highest BCUT2D eigenvalue weighted by Gasteiger charge is 2.35. The Morgan fingerprint density at radius 1 is 1.19 bits per heavy atom. The minimum absolute atomic E-state index is 0.00411. The summed E-state index contributed by atoms with van der Waals surface area (Å²) in [5.74, 6) is -1.31. The monoisotopic (exact) mass is 317 g/mol. The van der Waals surface area contributed by atoms with E-state index in [0.717, 1.165) is 5.56 Å². The van der Waals surface area contributed by atoms with Crippen molar-refractivity contribution in [1.29, 1.82) is 0 Å². The van der Waals surface area contributed by atoms with Crippen molar-refractivity contribution in [3.8, 4) is 11.6 Å². The van der Waals surface area contributed by atoms with Crippen molar-refractivity contribution in [2.24, 2.45) is 0 Å². The van der Waals surface area contributed by atoms with Gasteiger partial charge in [-0.25, -0.2) is 4.98 Å². The second kappa shape index (κ2) is 5.77. The lowest BCUT2D eigenvalue weighted by Crippen LogP contribution is -2.12. The van der Waals surface area contributed by atoms with E-state index in [-0.39, 0.29) is 22.5 Å². The van der Waals surface area contributed by atoms with E-state index in [1.165, 1.54) is 13.1 Å². The van der Waals surface area contributed by atoms with Crippen molar-refractivity contribution in [3.05, 3.63) is 40.7 Å². The Hall–Kier alpha value is -2.02. The summed E-state index contributed by atoms with van der Waals surface area (Å²) in [6.07, 6.45) is -4.66. The molecule has 2 aromatic rings. The van der Waals surface area contributed by atoms with E-state index in [9.17, 15) is 13.2 Å². The summed E-state index contributed by atoms with van der Waals surface area (Å²) in [5.41, 5.74) is 0.905. The van der Waals surface area contributed by atoms with Crippen LogP contribution in [0, 0.1) is 6.92 Å². The van der Waals surface area contributed by atoms with Gasteiger partial charge in [0.1, 0.15) is 11.6 Å². The summed E-state index contributed by atoms with van der Waals surface area (Å²) in [4.78, 5) is 6.70. The second-order valence-electron chi connectivity index (χ2n) is 4.20. The van der Waals surface area contributed by atoms with Gasteiger partial charge in [-0.05, 0) is 24.6 Å². The first-order valence-electron chi connectivity index (χ1n) is 5.87. The Labute approximate surface area is 123 Å². The number of aromatic nitrogens is 2. The average Bonchev–Trinajstić information content (AvgIpc) is 2.40. The summed E-state index contributed by atoms with van der Waals surface area (Å²) in [6.45, 7) is 1.83. The number of rotatable bonds is 3. The van der Waals surface area contributed by atoms with Crippen LogP contribution < -0.4 is 10.1 Å². The topological polar surface area (TPSA) is 47.0 Å². The molecule has 0 spiro atoms. The number of aryl methyl sites for hydroxylation is 1. The molecule has 0 radical (unpaired) electrons. The van der Waals surface area contributed by atoms with Gasteiger partial charge in [0.2, 0.25) is 11.7 Å². The molecule has 2 rings (SSSR count). The van der Waals surface area contributed by atoms with E-state index in [0.29, 0.717) is 0 Å². The summed E-state index contributed by atoms with van der Waals surface area (Å²) in [5, 5.41) is 2.81. The van der Waals surface area contributed by atoms with Crippen LogP contribution in [-0.2, 0) is 6.18 Å². The minimum atomic E-state index is -4.66. The molecule has 0 amide bonds. The van der Waals surface area contributed by atoms with Crippen LogP contribution >= 0.6 is 11.6 Å². The molecular weight excluding hydrogens is 307 g/mol. The second-order valence-corrected chi connectivity index (χ2v) is 4.61. The molecule has 0 bridgehead atoms. The zero-order valence-corrected chi connectivity index (χ0v) is 11.9. The minimum Gasteiger partial charge on any atom is -0.437 e. The van der Waals surface area contributed by atoms with E-state index in [2.05, 4.69) is 15.3 Å². The molecule has 0 fully saturated rings.